The zero-order chi connectivity index (χ0) is 25.2. The first-order valence-electron chi connectivity index (χ1n) is 13.0. The van der Waals surface area contributed by atoms with Crippen LogP contribution in [-0.4, -0.2) is 35.8 Å². The second kappa shape index (κ2) is 10.4. The number of carbonyl (C=O) groups excluding carboxylic acids is 2. The molecule has 1 N–H and O–H groups in total. The van der Waals surface area contributed by atoms with Crippen LogP contribution < -0.4 is 5.32 Å². The van der Waals surface area contributed by atoms with Crippen molar-refractivity contribution in [2.24, 2.45) is 29.6 Å². The molecule has 2 aromatic rings. The fraction of sp³-hybridized carbons (Fsp3) is 0.483. The van der Waals surface area contributed by atoms with Crippen LogP contribution in [0.4, 0.5) is 9.18 Å². The molecule has 0 radical (unpaired) electrons. The number of esters is 1. The fourth-order valence-electron chi connectivity index (χ4n) is 6.64. The molecule has 3 fully saturated rings. The number of allylic oxidation sites excluding steroid dienone is 1. The number of ether oxygens (including phenoxy) is 2. The lowest BCUT2D eigenvalue weighted by Gasteiger charge is -2.47. The van der Waals surface area contributed by atoms with Gasteiger partial charge in [-0.15, -0.1) is 0 Å². The zero-order valence-corrected chi connectivity index (χ0v) is 20.7. The maximum Gasteiger partial charge on any atom is 0.407 e. The van der Waals surface area contributed by atoms with Crippen molar-refractivity contribution < 1.29 is 23.5 Å². The molecule has 1 aliphatic heterocycles. The molecule has 7 heteroatoms. The van der Waals surface area contributed by atoms with E-state index in [2.05, 4.69) is 16.4 Å². The molecule has 2 heterocycles. The Balaban J connectivity index is 1.34. The molecule has 1 aromatic heterocycles. The van der Waals surface area contributed by atoms with E-state index in [-0.39, 0.29) is 47.8 Å². The number of nitrogens with one attached hydrogen (secondary N) is 1. The first kappa shape index (κ1) is 24.5. The van der Waals surface area contributed by atoms with Crippen molar-refractivity contribution in [1.29, 1.82) is 0 Å². The van der Waals surface area contributed by atoms with Gasteiger partial charge in [0.05, 0.1) is 18.2 Å². The molecule has 1 amide bonds. The molecular weight excluding hydrogens is 459 g/mol. The largest absolute Gasteiger partial charge is 0.462 e. The number of nitrogens with zero attached hydrogens (tertiary/aromatic N) is 1. The molecule has 3 aliphatic rings. The number of rotatable bonds is 5. The summed E-state index contributed by atoms with van der Waals surface area (Å²) in [5.41, 5.74) is 2.48. The normalized spacial score (nSPS) is 31.4. The Labute approximate surface area is 211 Å². The summed E-state index contributed by atoms with van der Waals surface area (Å²) in [4.78, 5) is 29.2. The molecular formula is C29H33FN2O4. The second-order valence-corrected chi connectivity index (χ2v) is 10.3. The van der Waals surface area contributed by atoms with E-state index in [1.54, 1.807) is 19.2 Å². The maximum atomic E-state index is 13.6. The Morgan fingerprint density at radius 1 is 1.22 bits per heavy atom. The predicted molar refractivity (Wildman–Crippen MR) is 134 cm³/mol. The molecule has 2 aliphatic carbocycles. The minimum atomic E-state index is -0.368. The van der Waals surface area contributed by atoms with Crippen LogP contribution in [0.5, 0.6) is 0 Å². The highest BCUT2D eigenvalue weighted by molar-refractivity contribution is 5.75. The number of amides is 1. The number of benzene rings is 1. The van der Waals surface area contributed by atoms with Crippen molar-refractivity contribution in [2.75, 3.05) is 6.61 Å². The van der Waals surface area contributed by atoms with Gasteiger partial charge in [-0.1, -0.05) is 24.3 Å². The van der Waals surface area contributed by atoms with E-state index in [9.17, 15) is 14.0 Å². The Morgan fingerprint density at radius 3 is 2.83 bits per heavy atom. The Morgan fingerprint density at radius 2 is 2.08 bits per heavy atom. The third-order valence-electron chi connectivity index (χ3n) is 8.18. The molecule has 190 valence electrons. The zero-order valence-electron chi connectivity index (χ0n) is 20.7. The molecule has 1 unspecified atom stereocenters. The number of halogens is 1. The van der Waals surface area contributed by atoms with Crippen LogP contribution in [0.1, 0.15) is 45.2 Å². The summed E-state index contributed by atoms with van der Waals surface area (Å²) in [7, 11) is 0. The first-order chi connectivity index (χ1) is 17.4. The number of carbonyl (C=O) groups is 2. The predicted octanol–water partition coefficient (Wildman–Crippen LogP) is 5.63. The van der Waals surface area contributed by atoms with E-state index >= 15 is 0 Å². The number of hydrogen-bond acceptors (Lipinski definition) is 5. The molecule has 1 saturated heterocycles. The van der Waals surface area contributed by atoms with E-state index in [0.717, 1.165) is 42.5 Å². The fourth-order valence-corrected chi connectivity index (χ4v) is 6.64. The quantitative estimate of drug-likeness (QED) is 0.548. The highest BCUT2D eigenvalue weighted by Crippen LogP contribution is 2.53. The summed E-state index contributed by atoms with van der Waals surface area (Å²) in [5.74, 6) is 0.629. The van der Waals surface area contributed by atoms with Crippen LogP contribution in [0, 0.1) is 35.4 Å². The monoisotopic (exact) mass is 492 g/mol. The van der Waals surface area contributed by atoms with Crippen molar-refractivity contribution in [3.8, 4) is 11.1 Å². The van der Waals surface area contributed by atoms with Gasteiger partial charge in [-0.25, -0.2) is 9.18 Å². The Bertz CT molecular complexity index is 1130. The Hall–Kier alpha value is -3.22. The lowest BCUT2D eigenvalue weighted by Crippen LogP contribution is -2.48. The average molecular weight is 493 g/mol. The Kier molecular flexibility index (Phi) is 7.08. The van der Waals surface area contributed by atoms with Crippen LogP contribution >= 0.6 is 0 Å². The highest BCUT2D eigenvalue weighted by Gasteiger charge is 2.54. The van der Waals surface area contributed by atoms with E-state index < -0.39 is 0 Å². The third-order valence-corrected chi connectivity index (χ3v) is 8.18. The van der Waals surface area contributed by atoms with Gasteiger partial charge >= 0.3 is 12.1 Å². The van der Waals surface area contributed by atoms with Crippen molar-refractivity contribution in [2.45, 2.75) is 51.7 Å². The van der Waals surface area contributed by atoms with Crippen LogP contribution in [-0.2, 0) is 14.3 Å². The summed E-state index contributed by atoms with van der Waals surface area (Å²) in [6, 6.07) is 10.4. The van der Waals surface area contributed by atoms with E-state index in [1.807, 2.05) is 31.2 Å². The number of aromatic nitrogens is 1. The van der Waals surface area contributed by atoms with Gasteiger partial charge in [0, 0.05) is 23.7 Å². The van der Waals surface area contributed by atoms with Crippen molar-refractivity contribution >= 4 is 18.1 Å². The van der Waals surface area contributed by atoms with Gasteiger partial charge in [0.25, 0.3) is 0 Å². The van der Waals surface area contributed by atoms with Gasteiger partial charge in [-0.3, -0.25) is 9.78 Å². The second-order valence-electron chi connectivity index (χ2n) is 10.3. The molecule has 5 rings (SSSR count). The van der Waals surface area contributed by atoms with Crippen molar-refractivity contribution in [3.63, 3.8) is 0 Å². The molecule has 2 saturated carbocycles. The smallest absolute Gasteiger partial charge is 0.407 e. The number of fused-ring (bicyclic) bond motifs is 2. The van der Waals surface area contributed by atoms with E-state index in [4.69, 9.17) is 9.47 Å². The maximum absolute atomic E-state index is 13.6. The molecule has 0 spiro atoms. The molecule has 36 heavy (non-hydrogen) atoms. The van der Waals surface area contributed by atoms with Crippen LogP contribution in [0.25, 0.3) is 17.2 Å². The summed E-state index contributed by atoms with van der Waals surface area (Å²) < 4.78 is 24.3. The standard InChI is InChI=1S/C29H33FN2O4/c1-3-35-29(34)32-23-10-11-24-20(14-23)15-26-27(17(2)36-28(26)33)25(24)12-9-22-8-7-19(16-31-22)18-5-4-6-21(30)13-18/h4-9,12-13,16-17,20,23-27H,3,10-11,14-15H2,1-2H3,(H,32,34)/b12-9+/t17-,20-,23-,24-,25+,26?,27+/m1/s1. The van der Waals surface area contributed by atoms with Gasteiger partial charge in [-0.05, 0) is 87.1 Å². The highest BCUT2D eigenvalue weighted by atomic mass is 19.1. The average Bonchev–Trinajstić information content (AvgIpc) is 3.15. The number of cyclic esters (lactones) is 1. The van der Waals surface area contributed by atoms with Crippen LogP contribution in [0.15, 0.2) is 48.7 Å². The lowest BCUT2D eigenvalue weighted by atomic mass is 9.57. The van der Waals surface area contributed by atoms with E-state index in [1.165, 1.54) is 12.1 Å². The van der Waals surface area contributed by atoms with Gasteiger partial charge in [-0.2, -0.15) is 0 Å². The van der Waals surface area contributed by atoms with Crippen molar-refractivity contribution in [1.82, 2.24) is 10.3 Å². The van der Waals surface area contributed by atoms with Crippen LogP contribution in [0.2, 0.25) is 0 Å². The summed E-state index contributed by atoms with van der Waals surface area (Å²) >= 11 is 0. The first-order valence-corrected chi connectivity index (χ1v) is 13.0. The number of hydrogen-bond donors (Lipinski definition) is 1. The lowest BCUT2D eigenvalue weighted by molar-refractivity contribution is -0.144. The topological polar surface area (TPSA) is 77.5 Å². The van der Waals surface area contributed by atoms with Gasteiger partial charge in [0.15, 0.2) is 0 Å². The molecule has 1 aromatic carbocycles. The minimum Gasteiger partial charge on any atom is -0.462 e. The summed E-state index contributed by atoms with van der Waals surface area (Å²) in [6.07, 6.45) is 9.07. The molecule has 0 bridgehead atoms. The molecule has 6 nitrogen and oxygen atoms in total. The number of pyridine rings is 1. The SMILES string of the molecule is CCOC(=O)N[C@@H]1CC[C@@H]2[C@@H](CC3C(=O)O[C@H](C)[C@H]3[C@H]2/C=C/c2ccc(-c3cccc(F)c3)cn2)C1. The van der Waals surface area contributed by atoms with E-state index in [0.29, 0.717) is 18.4 Å². The van der Waals surface area contributed by atoms with Gasteiger partial charge < -0.3 is 14.8 Å². The summed E-state index contributed by atoms with van der Waals surface area (Å²) in [5, 5.41) is 3.00. The third kappa shape index (κ3) is 5.01. The number of alkyl carbamates (subject to hydrolysis) is 1. The summed E-state index contributed by atoms with van der Waals surface area (Å²) in [6.45, 7) is 4.15. The van der Waals surface area contributed by atoms with Gasteiger partial charge in [0.2, 0.25) is 0 Å². The van der Waals surface area contributed by atoms with Gasteiger partial charge in [0.1, 0.15) is 11.9 Å². The molecule has 7 atom stereocenters. The minimum absolute atomic E-state index is 0.0679. The van der Waals surface area contributed by atoms with Crippen molar-refractivity contribution in [3.05, 3.63) is 60.2 Å². The van der Waals surface area contributed by atoms with Crippen LogP contribution in [0.3, 0.4) is 0 Å².